The van der Waals surface area contributed by atoms with Gasteiger partial charge in [0.05, 0.1) is 19.3 Å². The number of rotatable bonds is 3. The van der Waals surface area contributed by atoms with E-state index in [0.717, 1.165) is 11.5 Å². The molecule has 0 bridgehead atoms. The van der Waals surface area contributed by atoms with Crippen LogP contribution in [0.25, 0.3) is 0 Å². The van der Waals surface area contributed by atoms with Crippen LogP contribution in [0.3, 0.4) is 0 Å². The van der Waals surface area contributed by atoms with E-state index < -0.39 is 24.0 Å². The summed E-state index contributed by atoms with van der Waals surface area (Å²) < 4.78 is 8.60. The summed E-state index contributed by atoms with van der Waals surface area (Å²) in [5.41, 5.74) is 0. The highest BCUT2D eigenvalue weighted by Crippen LogP contribution is 2.19. The van der Waals surface area contributed by atoms with Crippen LogP contribution in [0.4, 0.5) is 9.93 Å². The first-order chi connectivity index (χ1) is 8.59. The average Bonchev–Trinajstić information content (AvgIpc) is 2.97. The lowest BCUT2D eigenvalue weighted by Gasteiger charge is -2.25. The highest BCUT2D eigenvalue weighted by molar-refractivity contribution is 7.09. The Labute approximate surface area is 106 Å². The number of carbonyl (C=O) groups is 2. The maximum Gasteiger partial charge on any atom is 0.323 e. The predicted octanol–water partition coefficient (Wildman–Crippen LogP) is -0.504. The monoisotopic (exact) mass is 273 g/mol. The number of likely N-dealkylation sites (N-methyl/N-ethyl adjacent to an activating group) is 1. The van der Waals surface area contributed by atoms with Gasteiger partial charge in [-0.3, -0.25) is 10.1 Å². The molecule has 1 fully saturated rings. The van der Waals surface area contributed by atoms with Gasteiger partial charge in [-0.2, -0.15) is 0 Å². The van der Waals surface area contributed by atoms with Crippen LogP contribution in [0.5, 0.6) is 0 Å². The molecule has 98 valence electrons. The number of aromatic nitrogens is 3. The second-order valence-corrected chi connectivity index (χ2v) is 4.49. The number of ether oxygens (including phenoxy) is 1. The van der Waals surface area contributed by atoms with E-state index in [2.05, 4.69) is 20.1 Å². The molecule has 2 N–H and O–H groups in total. The van der Waals surface area contributed by atoms with Crippen molar-refractivity contribution in [3.63, 3.8) is 0 Å². The summed E-state index contributed by atoms with van der Waals surface area (Å²) in [4.78, 5) is 24.1. The Bertz CT molecular complexity index is 439. The van der Waals surface area contributed by atoms with Gasteiger partial charge < -0.3 is 14.7 Å². The lowest BCUT2D eigenvalue weighted by molar-refractivity contribution is -0.142. The van der Waals surface area contributed by atoms with Gasteiger partial charge in [0.2, 0.25) is 5.13 Å². The first-order valence-corrected chi connectivity index (χ1v) is 5.86. The quantitative estimate of drug-likeness (QED) is 0.761. The van der Waals surface area contributed by atoms with Crippen molar-refractivity contribution in [1.29, 1.82) is 0 Å². The van der Waals surface area contributed by atoms with E-state index in [1.165, 1.54) is 11.9 Å². The minimum absolute atomic E-state index is 0.109. The first-order valence-electron chi connectivity index (χ1n) is 5.09. The molecule has 2 atom stereocenters. The molecular formula is C8H11N5O4S. The Kier molecular flexibility index (Phi) is 3.67. The Hall–Kier alpha value is -1.81. The SMILES string of the molecule is CN(C(=O)Nc1nnns1)C1COCC1C(=O)O. The molecule has 9 nitrogen and oxygen atoms in total. The largest absolute Gasteiger partial charge is 0.481 e. The minimum atomic E-state index is -0.977. The van der Waals surface area contributed by atoms with Gasteiger partial charge in [0.25, 0.3) is 0 Å². The molecule has 2 rings (SSSR count). The van der Waals surface area contributed by atoms with E-state index in [0.29, 0.717) is 0 Å². The summed E-state index contributed by atoms with van der Waals surface area (Å²) in [5.74, 6) is -1.69. The second-order valence-electron chi connectivity index (χ2n) is 3.76. The number of carboxylic acids is 1. The maximum absolute atomic E-state index is 11.8. The third-order valence-electron chi connectivity index (χ3n) is 2.70. The Morgan fingerprint density at radius 1 is 1.56 bits per heavy atom. The van der Waals surface area contributed by atoms with Crippen LogP contribution in [0, 0.1) is 5.92 Å². The van der Waals surface area contributed by atoms with E-state index >= 15 is 0 Å². The van der Waals surface area contributed by atoms with Crippen LogP contribution in [0.15, 0.2) is 0 Å². The van der Waals surface area contributed by atoms with E-state index in [1.54, 1.807) is 0 Å². The molecule has 1 aromatic heterocycles. The lowest BCUT2D eigenvalue weighted by Crippen LogP contribution is -2.45. The summed E-state index contributed by atoms with van der Waals surface area (Å²) in [6, 6.07) is -0.960. The van der Waals surface area contributed by atoms with E-state index in [-0.39, 0.29) is 18.3 Å². The predicted molar refractivity (Wildman–Crippen MR) is 60.2 cm³/mol. The fourth-order valence-electron chi connectivity index (χ4n) is 1.67. The van der Waals surface area contributed by atoms with Crippen LogP contribution in [-0.2, 0) is 9.53 Å². The molecule has 18 heavy (non-hydrogen) atoms. The Morgan fingerprint density at radius 3 is 2.94 bits per heavy atom. The summed E-state index contributed by atoms with van der Waals surface area (Å²) in [6.07, 6.45) is 0. The summed E-state index contributed by atoms with van der Waals surface area (Å²) in [5, 5.41) is 18.7. The number of nitrogens with one attached hydrogen (secondary N) is 1. The zero-order valence-corrected chi connectivity index (χ0v) is 10.3. The van der Waals surface area contributed by atoms with Crippen LogP contribution in [0.2, 0.25) is 0 Å². The lowest BCUT2D eigenvalue weighted by atomic mass is 10.0. The molecule has 0 aromatic carbocycles. The van der Waals surface area contributed by atoms with Crippen molar-refractivity contribution in [3.8, 4) is 0 Å². The van der Waals surface area contributed by atoms with Crippen molar-refractivity contribution in [2.75, 3.05) is 25.6 Å². The fraction of sp³-hybridized carbons (Fsp3) is 0.625. The third-order valence-corrected chi connectivity index (χ3v) is 3.21. The number of carboxylic acid groups (broad SMARTS) is 1. The topological polar surface area (TPSA) is 118 Å². The van der Waals surface area contributed by atoms with Crippen molar-refractivity contribution in [3.05, 3.63) is 0 Å². The van der Waals surface area contributed by atoms with Gasteiger partial charge in [-0.05, 0) is 5.21 Å². The number of anilines is 1. The van der Waals surface area contributed by atoms with Crippen LogP contribution < -0.4 is 5.32 Å². The smallest absolute Gasteiger partial charge is 0.323 e. The highest BCUT2D eigenvalue weighted by atomic mass is 32.1. The fourth-order valence-corrected chi connectivity index (χ4v) is 2.03. The van der Waals surface area contributed by atoms with E-state index in [9.17, 15) is 9.59 Å². The average molecular weight is 273 g/mol. The van der Waals surface area contributed by atoms with Gasteiger partial charge >= 0.3 is 12.0 Å². The van der Waals surface area contributed by atoms with Gasteiger partial charge in [-0.25, -0.2) is 4.79 Å². The van der Waals surface area contributed by atoms with Crippen molar-refractivity contribution in [2.24, 2.45) is 5.92 Å². The van der Waals surface area contributed by atoms with Crippen LogP contribution >= 0.6 is 11.5 Å². The molecule has 10 heteroatoms. The number of aliphatic carboxylic acids is 1. The standard InChI is InChI=1S/C8H11N5O4S/c1-13(5-3-17-2-4(5)6(14)15)8(16)9-7-10-11-12-18-7/h4-5H,2-3H2,1H3,(H,14,15)(H,9,10,12,16). The molecule has 0 radical (unpaired) electrons. The Morgan fingerprint density at radius 2 is 2.33 bits per heavy atom. The number of hydrogen-bond donors (Lipinski definition) is 2. The van der Waals surface area contributed by atoms with Crippen molar-refractivity contribution < 1.29 is 19.4 Å². The molecule has 1 aromatic rings. The van der Waals surface area contributed by atoms with Gasteiger partial charge in [0, 0.05) is 18.6 Å². The van der Waals surface area contributed by atoms with Gasteiger partial charge in [-0.1, -0.05) is 9.59 Å². The Balaban J connectivity index is 1.99. The maximum atomic E-state index is 11.8. The minimum Gasteiger partial charge on any atom is -0.481 e. The zero-order chi connectivity index (χ0) is 13.1. The summed E-state index contributed by atoms with van der Waals surface area (Å²) in [6.45, 7) is 0.313. The molecular weight excluding hydrogens is 262 g/mol. The van der Waals surface area contributed by atoms with Crippen LogP contribution in [0.1, 0.15) is 0 Å². The summed E-state index contributed by atoms with van der Waals surface area (Å²) in [7, 11) is 1.51. The molecule has 0 aliphatic carbocycles. The van der Waals surface area contributed by atoms with Crippen molar-refractivity contribution in [1.82, 2.24) is 19.7 Å². The number of nitrogens with zero attached hydrogens (tertiary/aromatic N) is 4. The van der Waals surface area contributed by atoms with E-state index in [1.807, 2.05) is 0 Å². The van der Waals surface area contributed by atoms with E-state index in [4.69, 9.17) is 9.84 Å². The van der Waals surface area contributed by atoms with Gasteiger partial charge in [-0.15, -0.1) is 0 Å². The molecule has 2 heterocycles. The summed E-state index contributed by atoms with van der Waals surface area (Å²) >= 11 is 0.940. The third kappa shape index (κ3) is 2.54. The molecule has 1 saturated heterocycles. The van der Waals surface area contributed by atoms with Gasteiger partial charge in [0.1, 0.15) is 5.92 Å². The zero-order valence-electron chi connectivity index (χ0n) is 9.44. The number of urea groups is 1. The molecule has 0 spiro atoms. The number of carbonyl (C=O) groups excluding carboxylic acids is 1. The van der Waals surface area contributed by atoms with Gasteiger partial charge in [0.15, 0.2) is 0 Å². The molecule has 0 saturated carbocycles. The molecule has 1 aliphatic rings. The number of amides is 2. The molecule has 2 amide bonds. The van der Waals surface area contributed by atoms with Crippen LogP contribution in [-0.4, -0.2) is 63.1 Å². The normalized spacial score (nSPS) is 22.7. The van der Waals surface area contributed by atoms with Crippen molar-refractivity contribution in [2.45, 2.75) is 6.04 Å². The molecule has 1 aliphatic heterocycles. The molecule has 2 unspecified atom stereocenters. The van der Waals surface area contributed by atoms with Crippen molar-refractivity contribution >= 4 is 28.7 Å². The highest BCUT2D eigenvalue weighted by Gasteiger charge is 2.38. The number of hydrogen-bond acceptors (Lipinski definition) is 7. The second kappa shape index (κ2) is 5.23. The first kappa shape index (κ1) is 12.6.